The molecule has 0 aromatic rings. The van der Waals surface area contributed by atoms with E-state index in [0.29, 0.717) is 6.42 Å². The summed E-state index contributed by atoms with van der Waals surface area (Å²) in [6.07, 6.45) is 0.797. The Labute approximate surface area is 90.0 Å². The fourth-order valence-electron chi connectivity index (χ4n) is 1.14. The Kier molecular flexibility index (Phi) is 5.25. The third-order valence-corrected chi connectivity index (χ3v) is 1.87. The number of nitrogens with zero attached hydrogens (tertiary/aromatic N) is 1. The molecule has 5 heteroatoms. The molecule has 0 spiro atoms. The second-order valence-corrected chi connectivity index (χ2v) is 4.47. The van der Waals surface area contributed by atoms with Crippen molar-refractivity contribution < 1.29 is 14.5 Å². The summed E-state index contributed by atoms with van der Waals surface area (Å²) in [7, 11) is 0. The van der Waals surface area contributed by atoms with Crippen LogP contribution in [0, 0.1) is 10.1 Å². The Bertz CT molecular complexity index is 232. The highest BCUT2D eigenvalue weighted by atomic mass is 16.6. The molecule has 1 atom stereocenters. The van der Waals surface area contributed by atoms with Crippen LogP contribution in [-0.4, -0.2) is 22.5 Å². The molecule has 0 aliphatic rings. The van der Waals surface area contributed by atoms with Gasteiger partial charge in [-0.1, -0.05) is 6.92 Å². The van der Waals surface area contributed by atoms with Crippen LogP contribution in [0.15, 0.2) is 0 Å². The molecule has 88 valence electrons. The number of esters is 1. The summed E-state index contributed by atoms with van der Waals surface area (Å²) in [6, 6.07) is -0.641. The molecule has 5 nitrogen and oxygen atoms in total. The van der Waals surface area contributed by atoms with Crippen LogP contribution in [0.5, 0.6) is 0 Å². The van der Waals surface area contributed by atoms with Gasteiger partial charge in [-0.3, -0.25) is 14.9 Å². The minimum absolute atomic E-state index is 0.108. The smallest absolute Gasteiger partial charge is 0.306 e. The molecule has 0 saturated carbocycles. The first-order valence-corrected chi connectivity index (χ1v) is 5.11. The molecule has 0 fully saturated rings. The van der Waals surface area contributed by atoms with E-state index in [9.17, 15) is 14.9 Å². The molecular formula is C10H19NO4. The highest BCUT2D eigenvalue weighted by Crippen LogP contribution is 2.11. The van der Waals surface area contributed by atoms with Gasteiger partial charge in [-0.15, -0.1) is 0 Å². The van der Waals surface area contributed by atoms with Crippen molar-refractivity contribution in [2.75, 3.05) is 0 Å². The van der Waals surface area contributed by atoms with Crippen molar-refractivity contribution in [1.82, 2.24) is 0 Å². The second kappa shape index (κ2) is 5.68. The maximum atomic E-state index is 11.3. The number of hydrogen-bond acceptors (Lipinski definition) is 4. The summed E-state index contributed by atoms with van der Waals surface area (Å²) >= 11 is 0. The maximum absolute atomic E-state index is 11.3. The maximum Gasteiger partial charge on any atom is 0.306 e. The lowest BCUT2D eigenvalue weighted by Crippen LogP contribution is -2.26. The monoisotopic (exact) mass is 217 g/mol. The molecule has 0 saturated heterocycles. The lowest BCUT2D eigenvalue weighted by Gasteiger charge is -2.19. The average molecular weight is 217 g/mol. The van der Waals surface area contributed by atoms with Gasteiger partial charge in [0.15, 0.2) is 0 Å². The summed E-state index contributed by atoms with van der Waals surface area (Å²) in [5, 5.41) is 10.5. The molecule has 0 amide bonds. The van der Waals surface area contributed by atoms with Gasteiger partial charge >= 0.3 is 5.97 Å². The van der Waals surface area contributed by atoms with Crippen LogP contribution in [-0.2, 0) is 9.53 Å². The zero-order valence-corrected chi connectivity index (χ0v) is 9.78. The molecule has 0 aliphatic carbocycles. The summed E-state index contributed by atoms with van der Waals surface area (Å²) in [5.41, 5.74) is -0.520. The summed E-state index contributed by atoms with van der Waals surface area (Å²) in [4.78, 5) is 21.4. The minimum Gasteiger partial charge on any atom is -0.460 e. The van der Waals surface area contributed by atoms with E-state index in [1.807, 2.05) is 0 Å². The molecule has 0 radical (unpaired) electrons. The molecule has 0 bridgehead atoms. The highest BCUT2D eigenvalue weighted by molar-refractivity contribution is 5.69. The molecule has 0 N–H and O–H groups in total. The first-order chi connectivity index (χ1) is 6.76. The predicted molar refractivity (Wildman–Crippen MR) is 56.2 cm³/mol. The number of ether oxygens (including phenoxy) is 1. The summed E-state index contributed by atoms with van der Waals surface area (Å²) in [5.74, 6) is -0.372. The zero-order valence-electron chi connectivity index (χ0n) is 9.78. The Morgan fingerprint density at radius 3 is 2.33 bits per heavy atom. The first-order valence-electron chi connectivity index (χ1n) is 5.11. The van der Waals surface area contributed by atoms with Crippen LogP contribution in [0.4, 0.5) is 0 Å². The van der Waals surface area contributed by atoms with Gasteiger partial charge in [0.2, 0.25) is 6.04 Å². The van der Waals surface area contributed by atoms with E-state index in [2.05, 4.69) is 0 Å². The topological polar surface area (TPSA) is 69.4 Å². The zero-order chi connectivity index (χ0) is 12.1. The van der Waals surface area contributed by atoms with Crippen molar-refractivity contribution in [1.29, 1.82) is 0 Å². The Balaban J connectivity index is 3.94. The molecule has 0 rings (SSSR count). The molecule has 0 aromatic carbocycles. The lowest BCUT2D eigenvalue weighted by atomic mass is 10.1. The van der Waals surface area contributed by atoms with Crippen molar-refractivity contribution >= 4 is 5.97 Å². The van der Waals surface area contributed by atoms with Gasteiger partial charge in [0.1, 0.15) is 5.60 Å². The third-order valence-electron chi connectivity index (χ3n) is 1.87. The van der Waals surface area contributed by atoms with Gasteiger partial charge in [0, 0.05) is 17.8 Å². The Morgan fingerprint density at radius 2 is 2.00 bits per heavy atom. The van der Waals surface area contributed by atoms with Crippen LogP contribution in [0.25, 0.3) is 0 Å². The van der Waals surface area contributed by atoms with E-state index in [0.717, 1.165) is 0 Å². The number of carbonyl (C=O) groups is 1. The molecule has 15 heavy (non-hydrogen) atoms. The minimum atomic E-state index is -0.641. The van der Waals surface area contributed by atoms with E-state index in [4.69, 9.17) is 4.74 Å². The average Bonchev–Trinajstić information content (AvgIpc) is 2.01. The highest BCUT2D eigenvalue weighted by Gasteiger charge is 2.21. The van der Waals surface area contributed by atoms with Crippen molar-refractivity contribution in [3.63, 3.8) is 0 Å². The van der Waals surface area contributed by atoms with Gasteiger partial charge in [-0.25, -0.2) is 0 Å². The fourth-order valence-corrected chi connectivity index (χ4v) is 1.14. The number of nitro groups is 1. The fraction of sp³-hybridized carbons (Fsp3) is 0.900. The number of carbonyl (C=O) groups excluding carboxylic acids is 1. The summed E-state index contributed by atoms with van der Waals surface area (Å²) < 4.78 is 5.05. The first kappa shape index (κ1) is 13.9. The van der Waals surface area contributed by atoms with Gasteiger partial charge in [0.05, 0.1) is 6.42 Å². The number of hydrogen-bond donors (Lipinski definition) is 0. The van der Waals surface area contributed by atoms with Crippen molar-refractivity contribution in [2.24, 2.45) is 0 Å². The van der Waals surface area contributed by atoms with Crippen LogP contribution in [0.3, 0.4) is 0 Å². The lowest BCUT2D eigenvalue weighted by molar-refractivity contribution is -0.523. The molecule has 1 unspecified atom stereocenters. The van der Waals surface area contributed by atoms with E-state index >= 15 is 0 Å². The van der Waals surface area contributed by atoms with Gasteiger partial charge in [-0.05, 0) is 20.8 Å². The Hall–Kier alpha value is -1.13. The SMILES string of the molecule is CCC(CCC(=O)OC(C)(C)C)[N+](=O)[O-]. The van der Waals surface area contributed by atoms with Crippen LogP contribution in [0.1, 0.15) is 47.0 Å². The quantitative estimate of drug-likeness (QED) is 0.402. The predicted octanol–water partition coefficient (Wildman–Crippen LogP) is 2.16. The van der Waals surface area contributed by atoms with Gasteiger partial charge in [0.25, 0.3) is 0 Å². The Morgan fingerprint density at radius 1 is 1.47 bits per heavy atom. The third kappa shape index (κ3) is 6.88. The summed E-state index contributed by atoms with van der Waals surface area (Å²) in [6.45, 7) is 7.06. The van der Waals surface area contributed by atoms with Crippen LogP contribution < -0.4 is 0 Å². The van der Waals surface area contributed by atoms with Crippen LogP contribution >= 0.6 is 0 Å². The second-order valence-electron chi connectivity index (χ2n) is 4.47. The molecular weight excluding hydrogens is 198 g/mol. The van der Waals surface area contributed by atoms with E-state index < -0.39 is 11.6 Å². The van der Waals surface area contributed by atoms with Crippen molar-refractivity contribution in [3.8, 4) is 0 Å². The van der Waals surface area contributed by atoms with Gasteiger partial charge < -0.3 is 4.74 Å². The number of rotatable bonds is 5. The van der Waals surface area contributed by atoms with Gasteiger partial charge in [-0.2, -0.15) is 0 Å². The van der Waals surface area contributed by atoms with E-state index in [1.165, 1.54) is 0 Å². The van der Waals surface area contributed by atoms with Crippen LogP contribution in [0.2, 0.25) is 0 Å². The molecule has 0 aromatic heterocycles. The molecule has 0 heterocycles. The van der Waals surface area contributed by atoms with E-state index in [-0.39, 0.29) is 23.7 Å². The van der Waals surface area contributed by atoms with Crippen molar-refractivity contribution in [2.45, 2.75) is 58.6 Å². The standard InChI is InChI=1S/C10H19NO4/c1-5-8(11(13)14)6-7-9(12)15-10(2,3)4/h8H,5-7H2,1-4H3. The molecule has 0 aliphatic heterocycles. The normalized spacial score (nSPS) is 13.3. The largest absolute Gasteiger partial charge is 0.460 e. The van der Waals surface area contributed by atoms with E-state index in [1.54, 1.807) is 27.7 Å². The van der Waals surface area contributed by atoms with Crippen molar-refractivity contribution in [3.05, 3.63) is 10.1 Å².